The summed E-state index contributed by atoms with van der Waals surface area (Å²) < 4.78 is 11.3. The molecule has 0 heterocycles. The number of carbonyl (C=O) groups is 3. The zero-order valence-electron chi connectivity index (χ0n) is 20.2. The Morgan fingerprint density at radius 3 is 1.41 bits per heavy atom. The summed E-state index contributed by atoms with van der Waals surface area (Å²) in [6.07, 6.45) is 7.66. The summed E-state index contributed by atoms with van der Waals surface area (Å²) in [5, 5.41) is 0. The van der Waals surface area contributed by atoms with Gasteiger partial charge in [-0.1, -0.05) is 13.8 Å². The van der Waals surface area contributed by atoms with Crippen LogP contribution in [0.5, 0.6) is 0 Å². The predicted molar refractivity (Wildman–Crippen MR) is 123 cm³/mol. The van der Waals surface area contributed by atoms with Crippen molar-refractivity contribution in [2.45, 2.75) is 65.2 Å². The number of hydrogen-bond acceptors (Lipinski definition) is 7. The second-order valence-electron chi connectivity index (χ2n) is 8.57. The molecule has 7 heteroatoms. The van der Waals surface area contributed by atoms with Gasteiger partial charge >= 0.3 is 6.16 Å². The molecule has 0 saturated carbocycles. The molecule has 32 heavy (non-hydrogen) atoms. The third-order valence-corrected chi connectivity index (χ3v) is 5.39. The largest absolute Gasteiger partial charge is 0.519 e. The van der Waals surface area contributed by atoms with Crippen LogP contribution in [0, 0.1) is 0 Å². The van der Waals surface area contributed by atoms with E-state index in [1.54, 1.807) is 13.8 Å². The molecule has 0 amide bonds. The molecule has 0 aliphatic heterocycles. The monoisotopic (exact) mass is 444 g/mol. The average Bonchev–Trinajstić information content (AvgIpc) is 2.74. The quantitative estimate of drug-likeness (QED) is 0.495. The van der Waals surface area contributed by atoms with Crippen LogP contribution in [0.2, 0.25) is 0 Å². The van der Waals surface area contributed by atoms with Crippen molar-refractivity contribution in [3.05, 3.63) is 46.2 Å². The minimum atomic E-state index is -0.920. The summed E-state index contributed by atoms with van der Waals surface area (Å²) in [6, 6.07) is 0. The van der Waals surface area contributed by atoms with Crippen LogP contribution in [-0.4, -0.2) is 55.7 Å². The van der Waals surface area contributed by atoms with E-state index in [4.69, 9.17) is 9.47 Å². The molecule has 0 unspecified atom stereocenters. The summed E-state index contributed by atoms with van der Waals surface area (Å²) in [4.78, 5) is 41.7. The molecule has 0 aromatic rings. The number of allylic oxidation sites excluding steroid dienone is 4. The fourth-order valence-corrected chi connectivity index (χ4v) is 4.02. The minimum Gasteiger partial charge on any atom is -0.394 e. The van der Waals surface area contributed by atoms with E-state index in [-0.39, 0.29) is 11.6 Å². The zero-order valence-corrected chi connectivity index (χ0v) is 20.2. The highest BCUT2D eigenvalue weighted by Gasteiger charge is 2.29. The minimum absolute atomic E-state index is 0.0379. The van der Waals surface area contributed by atoms with Gasteiger partial charge in [-0.25, -0.2) is 4.79 Å². The van der Waals surface area contributed by atoms with E-state index in [2.05, 4.69) is 0 Å². The first-order valence-electron chi connectivity index (χ1n) is 11.3. The molecule has 0 fully saturated rings. The van der Waals surface area contributed by atoms with Gasteiger partial charge in [0.15, 0.2) is 11.6 Å². The Bertz CT molecular complexity index is 805. The van der Waals surface area contributed by atoms with Crippen LogP contribution in [0.3, 0.4) is 0 Å². The second-order valence-corrected chi connectivity index (χ2v) is 8.57. The molecule has 2 rings (SSSR count). The van der Waals surface area contributed by atoms with Crippen molar-refractivity contribution in [2.75, 3.05) is 28.2 Å². The van der Waals surface area contributed by atoms with Crippen LogP contribution in [0.25, 0.3) is 0 Å². The number of nitrogens with zero attached hydrogens (tertiary/aromatic N) is 2. The highest BCUT2D eigenvalue weighted by Crippen LogP contribution is 2.35. The Morgan fingerprint density at radius 2 is 1.09 bits per heavy atom. The SMILES string of the molecule is CCC(=O)C1=C(OC(=O)OC2=C(C(=O)CC)CCC/C2=C\N(C)C)/C(=C/N(C)C)CCC1. The lowest BCUT2D eigenvalue weighted by Crippen LogP contribution is -2.21. The van der Waals surface area contributed by atoms with E-state index in [1.165, 1.54) is 0 Å². The third-order valence-electron chi connectivity index (χ3n) is 5.39. The van der Waals surface area contributed by atoms with Crippen LogP contribution in [0.4, 0.5) is 4.79 Å². The van der Waals surface area contributed by atoms with E-state index < -0.39 is 6.16 Å². The first-order chi connectivity index (χ1) is 15.2. The number of hydrogen-bond donors (Lipinski definition) is 0. The Kier molecular flexibility index (Phi) is 9.29. The first-order valence-corrected chi connectivity index (χ1v) is 11.3. The number of rotatable bonds is 8. The molecule has 0 atom stereocenters. The molecule has 0 saturated heterocycles. The van der Waals surface area contributed by atoms with Gasteiger partial charge in [0.2, 0.25) is 0 Å². The maximum atomic E-state index is 12.9. The molecule has 7 nitrogen and oxygen atoms in total. The van der Waals surface area contributed by atoms with Crippen molar-refractivity contribution in [1.82, 2.24) is 9.80 Å². The fourth-order valence-electron chi connectivity index (χ4n) is 4.02. The number of Topliss-reactive ketones (excluding diaryl/α,β-unsaturated/α-hetero) is 2. The zero-order chi connectivity index (χ0) is 23.8. The van der Waals surface area contributed by atoms with Crippen molar-refractivity contribution >= 4 is 17.7 Å². The van der Waals surface area contributed by atoms with Crippen molar-refractivity contribution in [1.29, 1.82) is 0 Å². The molecule has 0 bridgehead atoms. The molecule has 176 valence electrons. The van der Waals surface area contributed by atoms with Gasteiger partial charge in [0.05, 0.1) is 0 Å². The van der Waals surface area contributed by atoms with Crippen LogP contribution in [-0.2, 0) is 19.1 Å². The van der Waals surface area contributed by atoms with Gasteiger partial charge in [-0.05, 0) is 38.5 Å². The molecule has 0 aromatic carbocycles. The van der Waals surface area contributed by atoms with E-state index in [0.29, 0.717) is 61.2 Å². The number of carbonyl (C=O) groups excluding carboxylic acids is 3. The van der Waals surface area contributed by atoms with E-state index in [0.717, 1.165) is 24.0 Å². The van der Waals surface area contributed by atoms with Crippen LogP contribution < -0.4 is 0 Å². The van der Waals surface area contributed by atoms with E-state index >= 15 is 0 Å². The lowest BCUT2D eigenvalue weighted by atomic mass is 9.90. The smallest absolute Gasteiger partial charge is 0.394 e. The molecule has 0 radical (unpaired) electrons. The fraction of sp³-hybridized carbons (Fsp3) is 0.560. The molecule has 0 spiro atoms. The van der Waals surface area contributed by atoms with Gasteiger partial charge in [0, 0.05) is 75.7 Å². The van der Waals surface area contributed by atoms with Crippen molar-refractivity contribution < 1.29 is 23.9 Å². The highest BCUT2D eigenvalue weighted by molar-refractivity contribution is 5.97. The first kappa shape index (κ1) is 25.4. The normalized spacial score (nSPS) is 19.3. The predicted octanol–water partition coefficient (Wildman–Crippen LogP) is 4.86. The lowest BCUT2D eigenvalue weighted by Gasteiger charge is -2.25. The van der Waals surface area contributed by atoms with Crippen LogP contribution >= 0.6 is 0 Å². The number of ketones is 2. The Morgan fingerprint density at radius 1 is 0.719 bits per heavy atom. The van der Waals surface area contributed by atoms with Gasteiger partial charge in [0.25, 0.3) is 0 Å². The Hall–Kier alpha value is -2.83. The van der Waals surface area contributed by atoms with Gasteiger partial charge in [-0.3, -0.25) is 9.59 Å². The summed E-state index contributed by atoms with van der Waals surface area (Å²) >= 11 is 0. The summed E-state index contributed by atoms with van der Waals surface area (Å²) in [6.45, 7) is 3.59. The highest BCUT2D eigenvalue weighted by atomic mass is 16.7. The molecular formula is C25H36N2O5. The molecule has 0 aromatic heterocycles. The second kappa shape index (κ2) is 11.7. The Labute approximate surface area is 191 Å². The molecule has 2 aliphatic carbocycles. The van der Waals surface area contributed by atoms with Gasteiger partial charge in [-0.2, -0.15) is 0 Å². The van der Waals surface area contributed by atoms with Crippen molar-refractivity contribution in [3.8, 4) is 0 Å². The van der Waals surface area contributed by atoms with Crippen LogP contribution in [0.1, 0.15) is 65.2 Å². The standard InChI is InChI=1S/C25H36N2O5/c1-7-21(28)19-13-9-11-17(15-26(3)4)23(19)31-25(30)32-24-18(16-27(5)6)12-10-14-20(24)22(29)8-2/h15-16H,7-14H2,1-6H3/b17-15+,18-16+. The van der Waals surface area contributed by atoms with E-state index in [9.17, 15) is 14.4 Å². The molecular weight excluding hydrogens is 408 g/mol. The van der Waals surface area contributed by atoms with Crippen molar-refractivity contribution in [3.63, 3.8) is 0 Å². The molecule has 0 N–H and O–H groups in total. The van der Waals surface area contributed by atoms with Crippen molar-refractivity contribution in [2.24, 2.45) is 0 Å². The summed E-state index contributed by atoms with van der Waals surface area (Å²) in [5.41, 5.74) is 2.63. The van der Waals surface area contributed by atoms with E-state index in [1.807, 2.05) is 50.4 Å². The maximum absolute atomic E-state index is 12.9. The summed E-state index contributed by atoms with van der Waals surface area (Å²) in [5.74, 6) is 0.507. The topological polar surface area (TPSA) is 76.2 Å². The van der Waals surface area contributed by atoms with Crippen LogP contribution in [0.15, 0.2) is 46.2 Å². The maximum Gasteiger partial charge on any atom is 0.519 e. The Balaban J connectivity index is 2.43. The lowest BCUT2D eigenvalue weighted by molar-refractivity contribution is -0.116. The summed E-state index contributed by atoms with van der Waals surface area (Å²) in [7, 11) is 7.53. The molecule has 2 aliphatic rings. The third kappa shape index (κ3) is 6.58. The number of ether oxygens (including phenoxy) is 2. The van der Waals surface area contributed by atoms with Gasteiger partial charge in [0.1, 0.15) is 11.5 Å². The van der Waals surface area contributed by atoms with Gasteiger partial charge < -0.3 is 19.3 Å². The van der Waals surface area contributed by atoms with Gasteiger partial charge in [-0.15, -0.1) is 0 Å². The average molecular weight is 445 g/mol.